The standard InChI is InChI=1S/C13H12FNO3/c1-3-4-11(13(17)18)15-12(16)9-5-8(2)6-10(14)7-9/h1,5-7,11H,4H2,2H3,(H,15,16)(H,17,18). The summed E-state index contributed by atoms with van der Waals surface area (Å²) in [5, 5.41) is 11.1. The smallest absolute Gasteiger partial charge is 0.327 e. The molecule has 0 aromatic heterocycles. The van der Waals surface area contributed by atoms with Crippen molar-refractivity contribution >= 4 is 11.9 Å². The van der Waals surface area contributed by atoms with Crippen LogP contribution in [0.15, 0.2) is 18.2 Å². The number of carboxylic acid groups (broad SMARTS) is 1. The number of halogens is 1. The summed E-state index contributed by atoms with van der Waals surface area (Å²) in [4.78, 5) is 22.5. The second-order valence-corrected chi connectivity index (χ2v) is 3.79. The topological polar surface area (TPSA) is 66.4 Å². The van der Waals surface area contributed by atoms with E-state index in [0.717, 1.165) is 6.07 Å². The minimum Gasteiger partial charge on any atom is -0.480 e. The third-order valence-corrected chi connectivity index (χ3v) is 2.23. The Balaban J connectivity index is 2.87. The van der Waals surface area contributed by atoms with Crippen molar-refractivity contribution < 1.29 is 19.1 Å². The van der Waals surface area contributed by atoms with Crippen molar-refractivity contribution in [2.75, 3.05) is 0 Å². The van der Waals surface area contributed by atoms with Gasteiger partial charge in [0, 0.05) is 12.0 Å². The summed E-state index contributed by atoms with van der Waals surface area (Å²) in [6.45, 7) is 1.63. The predicted molar refractivity (Wildman–Crippen MR) is 63.5 cm³/mol. The summed E-state index contributed by atoms with van der Waals surface area (Å²) in [6.07, 6.45) is 4.88. The lowest BCUT2D eigenvalue weighted by Gasteiger charge is -2.12. The lowest BCUT2D eigenvalue weighted by Crippen LogP contribution is -2.40. The number of hydrogen-bond donors (Lipinski definition) is 2. The lowest BCUT2D eigenvalue weighted by molar-refractivity contribution is -0.139. The average Bonchev–Trinajstić information content (AvgIpc) is 2.26. The van der Waals surface area contributed by atoms with Crippen LogP contribution < -0.4 is 5.32 Å². The zero-order valence-corrected chi connectivity index (χ0v) is 9.74. The van der Waals surface area contributed by atoms with Gasteiger partial charge in [-0.25, -0.2) is 9.18 Å². The highest BCUT2D eigenvalue weighted by atomic mass is 19.1. The Morgan fingerprint density at radius 1 is 1.50 bits per heavy atom. The van der Waals surface area contributed by atoms with Gasteiger partial charge in [-0.05, 0) is 30.7 Å². The number of amides is 1. The van der Waals surface area contributed by atoms with Crippen LogP contribution in [-0.4, -0.2) is 23.0 Å². The number of rotatable bonds is 4. The van der Waals surface area contributed by atoms with Crippen molar-refractivity contribution in [1.82, 2.24) is 5.32 Å². The summed E-state index contributed by atoms with van der Waals surface area (Å²) in [5.41, 5.74) is 0.639. The maximum Gasteiger partial charge on any atom is 0.327 e. The van der Waals surface area contributed by atoms with Crippen LogP contribution >= 0.6 is 0 Å². The number of nitrogens with one attached hydrogen (secondary N) is 1. The van der Waals surface area contributed by atoms with E-state index >= 15 is 0 Å². The highest BCUT2D eigenvalue weighted by molar-refractivity contribution is 5.96. The Labute approximate surface area is 104 Å². The van der Waals surface area contributed by atoms with E-state index in [1.165, 1.54) is 12.1 Å². The number of hydrogen-bond acceptors (Lipinski definition) is 2. The number of carbonyl (C=O) groups excluding carboxylic acids is 1. The van der Waals surface area contributed by atoms with Crippen molar-refractivity contribution in [2.45, 2.75) is 19.4 Å². The Morgan fingerprint density at radius 2 is 2.17 bits per heavy atom. The second-order valence-electron chi connectivity index (χ2n) is 3.79. The van der Waals surface area contributed by atoms with Crippen LogP contribution in [0.2, 0.25) is 0 Å². The normalized spacial score (nSPS) is 11.4. The first kappa shape index (κ1) is 13.7. The van der Waals surface area contributed by atoms with Crippen LogP contribution in [0.1, 0.15) is 22.3 Å². The summed E-state index contributed by atoms with van der Waals surface area (Å²) >= 11 is 0. The van der Waals surface area contributed by atoms with Crippen LogP contribution in [0.3, 0.4) is 0 Å². The third-order valence-electron chi connectivity index (χ3n) is 2.23. The van der Waals surface area contributed by atoms with Gasteiger partial charge in [-0.1, -0.05) is 0 Å². The molecule has 0 saturated carbocycles. The Morgan fingerprint density at radius 3 is 2.67 bits per heavy atom. The molecule has 1 amide bonds. The molecule has 2 N–H and O–H groups in total. The highest BCUT2D eigenvalue weighted by Crippen LogP contribution is 2.08. The molecular weight excluding hydrogens is 237 g/mol. The quantitative estimate of drug-likeness (QED) is 0.791. The molecule has 0 bridgehead atoms. The van der Waals surface area contributed by atoms with Gasteiger partial charge in [0.2, 0.25) is 0 Å². The Hall–Kier alpha value is -2.35. The average molecular weight is 249 g/mol. The molecule has 1 aromatic carbocycles. The molecule has 0 spiro atoms. The molecule has 18 heavy (non-hydrogen) atoms. The van der Waals surface area contributed by atoms with Crippen molar-refractivity contribution in [3.63, 3.8) is 0 Å². The third kappa shape index (κ3) is 3.59. The van der Waals surface area contributed by atoms with Gasteiger partial charge in [0.05, 0.1) is 0 Å². The zero-order valence-electron chi connectivity index (χ0n) is 9.74. The first-order valence-corrected chi connectivity index (χ1v) is 5.18. The molecule has 0 saturated heterocycles. The first-order valence-electron chi connectivity index (χ1n) is 5.18. The molecule has 1 unspecified atom stereocenters. The van der Waals surface area contributed by atoms with E-state index in [1.807, 2.05) is 0 Å². The largest absolute Gasteiger partial charge is 0.480 e. The lowest BCUT2D eigenvalue weighted by atomic mass is 10.1. The summed E-state index contributed by atoms with van der Waals surface area (Å²) in [6, 6.07) is 2.60. The molecule has 0 radical (unpaired) electrons. The fourth-order valence-electron chi connectivity index (χ4n) is 1.43. The fourth-order valence-corrected chi connectivity index (χ4v) is 1.43. The fraction of sp³-hybridized carbons (Fsp3) is 0.231. The molecule has 1 atom stereocenters. The van der Waals surface area contributed by atoms with E-state index < -0.39 is 23.7 Å². The molecule has 0 heterocycles. The van der Waals surface area contributed by atoms with Gasteiger partial charge >= 0.3 is 5.97 Å². The van der Waals surface area contributed by atoms with Gasteiger partial charge in [0.1, 0.15) is 11.9 Å². The van der Waals surface area contributed by atoms with Gasteiger partial charge in [0.25, 0.3) is 5.91 Å². The number of carboxylic acids is 1. The number of carbonyl (C=O) groups is 2. The minimum absolute atomic E-state index is 0.0655. The van der Waals surface area contributed by atoms with Gasteiger partial charge in [-0.3, -0.25) is 4.79 Å². The SMILES string of the molecule is C#CCC(NC(=O)c1cc(C)cc(F)c1)C(=O)O. The molecule has 0 aliphatic rings. The molecule has 1 aromatic rings. The van der Waals surface area contributed by atoms with Crippen LogP contribution in [0.5, 0.6) is 0 Å². The number of benzene rings is 1. The van der Waals surface area contributed by atoms with Crippen LogP contribution in [0.4, 0.5) is 4.39 Å². The molecule has 0 fully saturated rings. The summed E-state index contributed by atoms with van der Waals surface area (Å²) in [7, 11) is 0. The Kier molecular flexibility index (Phi) is 4.44. The van der Waals surface area contributed by atoms with Gasteiger partial charge in [0.15, 0.2) is 0 Å². The molecule has 5 heteroatoms. The van der Waals surface area contributed by atoms with E-state index in [1.54, 1.807) is 6.92 Å². The van der Waals surface area contributed by atoms with E-state index in [2.05, 4.69) is 11.2 Å². The van der Waals surface area contributed by atoms with Crippen LogP contribution in [-0.2, 0) is 4.79 Å². The maximum absolute atomic E-state index is 13.1. The van der Waals surface area contributed by atoms with Crippen molar-refractivity contribution in [3.8, 4) is 12.3 Å². The van der Waals surface area contributed by atoms with Crippen LogP contribution in [0, 0.1) is 25.1 Å². The van der Waals surface area contributed by atoms with Gasteiger partial charge < -0.3 is 10.4 Å². The number of terminal acetylenes is 1. The molecule has 94 valence electrons. The van der Waals surface area contributed by atoms with Crippen molar-refractivity contribution in [3.05, 3.63) is 35.1 Å². The molecule has 1 rings (SSSR count). The Bertz CT molecular complexity index is 499. The zero-order chi connectivity index (χ0) is 13.7. The van der Waals surface area contributed by atoms with E-state index in [9.17, 15) is 14.0 Å². The number of aryl methyl sites for hydroxylation is 1. The maximum atomic E-state index is 13.1. The van der Waals surface area contributed by atoms with Crippen molar-refractivity contribution in [1.29, 1.82) is 0 Å². The molecule has 4 nitrogen and oxygen atoms in total. The monoisotopic (exact) mass is 249 g/mol. The second kappa shape index (κ2) is 5.82. The van der Waals surface area contributed by atoms with Gasteiger partial charge in [-0.2, -0.15) is 0 Å². The summed E-state index contributed by atoms with van der Waals surface area (Å²) < 4.78 is 13.1. The molecule has 0 aliphatic carbocycles. The van der Waals surface area contributed by atoms with E-state index in [0.29, 0.717) is 5.56 Å². The van der Waals surface area contributed by atoms with Crippen molar-refractivity contribution in [2.24, 2.45) is 0 Å². The van der Waals surface area contributed by atoms with E-state index in [4.69, 9.17) is 11.5 Å². The van der Waals surface area contributed by atoms with Crippen LogP contribution in [0.25, 0.3) is 0 Å². The molecular formula is C13H12FNO3. The first-order chi connectivity index (χ1) is 8.43. The predicted octanol–water partition coefficient (Wildman–Crippen LogP) is 1.34. The highest BCUT2D eigenvalue weighted by Gasteiger charge is 2.19. The number of aliphatic carboxylic acids is 1. The van der Waals surface area contributed by atoms with Gasteiger partial charge in [-0.15, -0.1) is 12.3 Å². The minimum atomic E-state index is -1.23. The summed E-state index contributed by atoms with van der Waals surface area (Å²) in [5.74, 6) is -0.287. The van der Waals surface area contributed by atoms with E-state index in [-0.39, 0.29) is 12.0 Å². The molecule has 0 aliphatic heterocycles.